The monoisotopic (exact) mass is 356 g/mol. The van der Waals surface area contributed by atoms with Crippen molar-refractivity contribution in [1.82, 2.24) is 5.32 Å². The van der Waals surface area contributed by atoms with Gasteiger partial charge in [0.25, 0.3) is 5.91 Å². The molecule has 3 rings (SSSR count). The number of carbonyl (C=O) groups excluding carboxylic acids is 1. The number of nitrogens with zero attached hydrogens (tertiary/aromatic N) is 1. The van der Waals surface area contributed by atoms with Gasteiger partial charge in [-0.2, -0.15) is 0 Å². The number of amides is 1. The average Bonchev–Trinajstić information content (AvgIpc) is 2.59. The van der Waals surface area contributed by atoms with Gasteiger partial charge in [0.15, 0.2) is 0 Å². The van der Waals surface area contributed by atoms with E-state index in [1.54, 1.807) is 13.2 Å². The summed E-state index contributed by atoms with van der Waals surface area (Å²) in [6.45, 7) is 0. The Labute approximate surface area is 150 Å². The summed E-state index contributed by atoms with van der Waals surface area (Å²) in [4.78, 5) is 16.2. The van der Waals surface area contributed by atoms with E-state index < -0.39 is 11.7 Å². The Kier molecular flexibility index (Phi) is 5.22. The molecule has 1 saturated carbocycles. The molecular formula is C19H17FN2O2S. The Balaban J connectivity index is 1.69. The number of methoxy groups -OCH3 is 1. The fourth-order valence-electron chi connectivity index (χ4n) is 2.81. The number of nitrogens with one attached hydrogen (secondary N) is 1. The van der Waals surface area contributed by atoms with Crippen LogP contribution in [0.4, 0.5) is 4.39 Å². The summed E-state index contributed by atoms with van der Waals surface area (Å²) in [5, 5.41) is 5.16. The maximum Gasteiger partial charge on any atom is 0.254 e. The third-order valence-corrected chi connectivity index (χ3v) is 4.43. The summed E-state index contributed by atoms with van der Waals surface area (Å²) in [6, 6.07) is 12.0. The van der Waals surface area contributed by atoms with Crippen molar-refractivity contribution in [2.45, 2.75) is 24.9 Å². The van der Waals surface area contributed by atoms with Gasteiger partial charge >= 0.3 is 0 Å². The van der Waals surface area contributed by atoms with E-state index in [0.29, 0.717) is 18.4 Å². The highest BCUT2D eigenvalue weighted by Gasteiger charge is 2.30. The van der Waals surface area contributed by atoms with Crippen molar-refractivity contribution in [3.05, 3.63) is 53.8 Å². The van der Waals surface area contributed by atoms with Crippen LogP contribution in [0.1, 0.15) is 23.2 Å². The molecule has 1 aliphatic carbocycles. The summed E-state index contributed by atoms with van der Waals surface area (Å²) in [6.07, 6.45) is 1.42. The fourth-order valence-corrected chi connectivity index (χ4v) is 2.96. The van der Waals surface area contributed by atoms with Crippen LogP contribution >= 0.6 is 12.2 Å². The number of halogens is 1. The van der Waals surface area contributed by atoms with Crippen LogP contribution in [-0.4, -0.2) is 30.3 Å². The van der Waals surface area contributed by atoms with Gasteiger partial charge in [-0.15, -0.1) is 0 Å². The molecule has 0 unspecified atom stereocenters. The zero-order chi connectivity index (χ0) is 17.8. The van der Waals surface area contributed by atoms with Crippen LogP contribution in [0.5, 0.6) is 5.75 Å². The first-order valence-corrected chi connectivity index (χ1v) is 8.33. The van der Waals surface area contributed by atoms with E-state index in [2.05, 4.69) is 27.7 Å². The van der Waals surface area contributed by atoms with Crippen LogP contribution in [0.15, 0.2) is 47.5 Å². The second-order valence-electron chi connectivity index (χ2n) is 5.94. The molecule has 2 aromatic carbocycles. The van der Waals surface area contributed by atoms with Crippen molar-refractivity contribution < 1.29 is 13.9 Å². The van der Waals surface area contributed by atoms with Crippen LogP contribution in [0.3, 0.4) is 0 Å². The molecule has 0 saturated heterocycles. The highest BCUT2D eigenvalue weighted by atomic mass is 32.1. The van der Waals surface area contributed by atoms with Crippen LogP contribution in [0, 0.1) is 5.82 Å². The summed E-state index contributed by atoms with van der Waals surface area (Å²) in [5.74, 6) is -0.218. The van der Waals surface area contributed by atoms with Gasteiger partial charge in [-0.1, -0.05) is 18.2 Å². The van der Waals surface area contributed by atoms with Crippen LogP contribution in [0.25, 0.3) is 11.1 Å². The maximum absolute atomic E-state index is 14.4. The van der Waals surface area contributed by atoms with Crippen molar-refractivity contribution in [2.24, 2.45) is 4.99 Å². The molecule has 6 heteroatoms. The van der Waals surface area contributed by atoms with Gasteiger partial charge in [0, 0.05) is 6.04 Å². The van der Waals surface area contributed by atoms with E-state index >= 15 is 0 Å². The van der Waals surface area contributed by atoms with Crippen molar-refractivity contribution in [2.75, 3.05) is 7.11 Å². The van der Waals surface area contributed by atoms with Crippen molar-refractivity contribution in [3.63, 3.8) is 0 Å². The van der Waals surface area contributed by atoms with Crippen LogP contribution in [-0.2, 0) is 0 Å². The summed E-state index contributed by atoms with van der Waals surface area (Å²) >= 11 is 4.55. The fraction of sp³-hybridized carbons (Fsp3) is 0.263. The van der Waals surface area contributed by atoms with Crippen molar-refractivity contribution in [1.29, 1.82) is 0 Å². The third kappa shape index (κ3) is 3.92. The van der Waals surface area contributed by atoms with Gasteiger partial charge < -0.3 is 10.1 Å². The summed E-state index contributed by atoms with van der Waals surface area (Å²) < 4.78 is 19.5. The molecular weight excluding hydrogens is 339 g/mol. The molecule has 0 aromatic heterocycles. The zero-order valence-electron chi connectivity index (χ0n) is 13.7. The van der Waals surface area contributed by atoms with Gasteiger partial charge in [0.05, 0.1) is 23.9 Å². The van der Waals surface area contributed by atoms with Crippen LogP contribution < -0.4 is 10.1 Å². The molecule has 1 fully saturated rings. The lowest BCUT2D eigenvalue weighted by atomic mass is 9.87. The molecule has 1 aliphatic rings. The second kappa shape index (κ2) is 7.55. The average molecular weight is 356 g/mol. The Hall–Kier alpha value is -2.56. The van der Waals surface area contributed by atoms with E-state index in [4.69, 9.17) is 4.74 Å². The number of hydrogen-bond donors (Lipinski definition) is 1. The predicted octanol–water partition coefficient (Wildman–Crippen LogP) is 3.86. The Morgan fingerprint density at radius 3 is 2.52 bits per heavy atom. The molecule has 0 radical (unpaired) electrons. The number of isothiocyanates is 1. The van der Waals surface area contributed by atoms with Gasteiger partial charge in [0.2, 0.25) is 0 Å². The van der Waals surface area contributed by atoms with Crippen molar-refractivity contribution >= 4 is 23.3 Å². The smallest absolute Gasteiger partial charge is 0.254 e. The van der Waals surface area contributed by atoms with Crippen LogP contribution in [0.2, 0.25) is 0 Å². The first-order chi connectivity index (χ1) is 12.1. The Morgan fingerprint density at radius 2 is 1.92 bits per heavy atom. The lowest BCUT2D eigenvalue weighted by molar-refractivity contribution is 0.0906. The number of benzene rings is 2. The van der Waals surface area contributed by atoms with Gasteiger partial charge in [-0.25, -0.2) is 9.38 Å². The molecule has 0 aliphatic heterocycles. The SMILES string of the molecule is COc1ccc(-c2ccc(C(=O)N[C@H]3C[C@@H](N=C=S)C3)c(F)c2)cc1. The summed E-state index contributed by atoms with van der Waals surface area (Å²) in [5.41, 5.74) is 1.60. The Morgan fingerprint density at radius 1 is 1.24 bits per heavy atom. The predicted molar refractivity (Wildman–Crippen MR) is 97.7 cm³/mol. The lowest BCUT2D eigenvalue weighted by Gasteiger charge is -2.32. The summed E-state index contributed by atoms with van der Waals surface area (Å²) in [7, 11) is 1.59. The quantitative estimate of drug-likeness (QED) is 0.654. The maximum atomic E-state index is 14.4. The third-order valence-electron chi connectivity index (χ3n) is 4.32. The number of rotatable bonds is 5. The molecule has 4 nitrogen and oxygen atoms in total. The van der Waals surface area contributed by atoms with E-state index in [1.807, 2.05) is 24.3 Å². The molecule has 0 heterocycles. The van der Waals surface area contributed by atoms with Gasteiger partial charge in [0.1, 0.15) is 11.6 Å². The normalized spacial score (nSPS) is 18.6. The number of carbonyl (C=O) groups is 1. The zero-order valence-corrected chi connectivity index (χ0v) is 14.5. The highest BCUT2D eigenvalue weighted by Crippen LogP contribution is 2.26. The molecule has 0 spiro atoms. The molecule has 128 valence electrons. The Bertz CT molecular complexity index is 826. The number of aliphatic imine (C=N–C) groups is 1. The standard InChI is InChI=1S/C19H17FN2O2S/c1-24-16-5-2-12(3-6-16)13-4-7-17(18(20)8-13)19(23)22-15-9-14(10-15)21-11-25/h2-8,14-15H,9-10H2,1H3,(H,22,23)/t14-,15+. The van der Waals surface area contributed by atoms with E-state index in [9.17, 15) is 9.18 Å². The minimum atomic E-state index is -0.543. The first kappa shape index (κ1) is 17.3. The molecule has 1 amide bonds. The van der Waals surface area contributed by atoms with E-state index in [1.165, 1.54) is 12.1 Å². The van der Waals surface area contributed by atoms with Gasteiger partial charge in [-0.3, -0.25) is 4.79 Å². The highest BCUT2D eigenvalue weighted by molar-refractivity contribution is 7.78. The van der Waals surface area contributed by atoms with E-state index in [0.717, 1.165) is 11.3 Å². The molecule has 0 atom stereocenters. The minimum absolute atomic E-state index is 0.00487. The topological polar surface area (TPSA) is 50.7 Å². The molecule has 25 heavy (non-hydrogen) atoms. The molecule has 2 aromatic rings. The lowest BCUT2D eigenvalue weighted by Crippen LogP contribution is -2.46. The largest absolute Gasteiger partial charge is 0.497 e. The number of hydrogen-bond acceptors (Lipinski definition) is 4. The van der Waals surface area contributed by atoms with Gasteiger partial charge in [-0.05, 0) is 60.5 Å². The molecule has 0 bridgehead atoms. The second-order valence-corrected chi connectivity index (χ2v) is 6.12. The number of thiocarbonyl (C=S) groups is 1. The first-order valence-electron chi connectivity index (χ1n) is 7.92. The van der Waals surface area contributed by atoms with Crippen molar-refractivity contribution in [3.8, 4) is 16.9 Å². The molecule has 1 N–H and O–H groups in total. The van der Waals surface area contributed by atoms with E-state index in [-0.39, 0.29) is 17.6 Å². The minimum Gasteiger partial charge on any atom is -0.497 e. The number of ether oxygens (including phenoxy) is 1.